The number of rotatable bonds is 4. The number of benzene rings is 1. The highest BCUT2D eigenvalue weighted by Gasteiger charge is 2.24. The van der Waals surface area contributed by atoms with Crippen molar-refractivity contribution >= 4 is 16.6 Å². The molecule has 0 aliphatic heterocycles. The molecule has 0 aliphatic rings. The molecule has 0 fully saturated rings. The Hall–Kier alpha value is -1.48. The molecular formula is C14H20N2O. The van der Waals surface area contributed by atoms with E-state index in [4.69, 9.17) is 5.11 Å². The highest BCUT2D eigenvalue weighted by atomic mass is 16.3. The molecule has 0 saturated heterocycles. The lowest BCUT2D eigenvalue weighted by molar-refractivity contribution is 0.250. The second-order valence-electron chi connectivity index (χ2n) is 5.06. The third-order valence-electron chi connectivity index (χ3n) is 3.56. The molecule has 0 unspecified atom stereocenters. The van der Waals surface area contributed by atoms with Crippen molar-refractivity contribution in [3.8, 4) is 0 Å². The SMILES string of the molecule is CN(c1c[nH]c2ccccc12)C(C)(C)CCO. The smallest absolute Gasteiger partial charge is 0.0625 e. The summed E-state index contributed by atoms with van der Waals surface area (Å²) in [6.45, 7) is 4.50. The van der Waals surface area contributed by atoms with E-state index in [2.05, 4.69) is 42.9 Å². The van der Waals surface area contributed by atoms with Gasteiger partial charge in [-0.2, -0.15) is 0 Å². The van der Waals surface area contributed by atoms with E-state index in [9.17, 15) is 0 Å². The van der Waals surface area contributed by atoms with Crippen molar-refractivity contribution in [3.05, 3.63) is 30.5 Å². The topological polar surface area (TPSA) is 39.3 Å². The highest BCUT2D eigenvalue weighted by molar-refractivity contribution is 5.93. The van der Waals surface area contributed by atoms with Crippen LogP contribution in [0.15, 0.2) is 30.5 Å². The van der Waals surface area contributed by atoms with Crippen LogP contribution in [-0.4, -0.2) is 29.3 Å². The molecule has 3 heteroatoms. The quantitative estimate of drug-likeness (QED) is 0.850. The Morgan fingerprint density at radius 1 is 1.29 bits per heavy atom. The van der Waals surface area contributed by atoms with E-state index in [-0.39, 0.29) is 12.1 Å². The highest BCUT2D eigenvalue weighted by Crippen LogP contribution is 2.31. The van der Waals surface area contributed by atoms with Crippen LogP contribution in [0.25, 0.3) is 10.9 Å². The molecule has 0 radical (unpaired) electrons. The minimum absolute atomic E-state index is 0.0558. The average Bonchev–Trinajstić information content (AvgIpc) is 2.71. The third-order valence-corrected chi connectivity index (χ3v) is 3.56. The first kappa shape index (κ1) is 12.0. The first-order valence-electron chi connectivity index (χ1n) is 5.97. The van der Waals surface area contributed by atoms with Crippen molar-refractivity contribution in [1.82, 2.24) is 4.98 Å². The van der Waals surface area contributed by atoms with E-state index in [0.717, 1.165) is 11.9 Å². The lowest BCUT2D eigenvalue weighted by atomic mass is 9.98. The van der Waals surface area contributed by atoms with Gasteiger partial charge in [0.25, 0.3) is 0 Å². The Labute approximate surface area is 102 Å². The van der Waals surface area contributed by atoms with Crippen molar-refractivity contribution in [2.75, 3.05) is 18.6 Å². The molecule has 92 valence electrons. The van der Waals surface area contributed by atoms with E-state index >= 15 is 0 Å². The van der Waals surface area contributed by atoms with E-state index in [1.807, 2.05) is 18.3 Å². The molecule has 1 heterocycles. The number of aromatic nitrogens is 1. The van der Waals surface area contributed by atoms with Gasteiger partial charge < -0.3 is 15.0 Å². The van der Waals surface area contributed by atoms with Gasteiger partial charge in [0.05, 0.1) is 5.69 Å². The summed E-state index contributed by atoms with van der Waals surface area (Å²) in [5.41, 5.74) is 2.27. The zero-order valence-corrected chi connectivity index (χ0v) is 10.7. The van der Waals surface area contributed by atoms with Gasteiger partial charge in [-0.25, -0.2) is 0 Å². The predicted octanol–water partition coefficient (Wildman–Crippen LogP) is 2.77. The van der Waals surface area contributed by atoms with Crippen LogP contribution in [0.3, 0.4) is 0 Å². The maximum absolute atomic E-state index is 9.13. The average molecular weight is 232 g/mol. The molecule has 2 N–H and O–H groups in total. The third kappa shape index (κ3) is 2.15. The number of hydrogen-bond donors (Lipinski definition) is 2. The van der Waals surface area contributed by atoms with Crippen LogP contribution >= 0.6 is 0 Å². The fourth-order valence-corrected chi connectivity index (χ4v) is 2.10. The largest absolute Gasteiger partial charge is 0.396 e. The molecule has 3 nitrogen and oxygen atoms in total. The Balaban J connectivity index is 2.40. The van der Waals surface area contributed by atoms with Crippen molar-refractivity contribution in [2.24, 2.45) is 0 Å². The zero-order chi connectivity index (χ0) is 12.5. The minimum atomic E-state index is -0.0558. The number of aromatic amines is 1. The number of anilines is 1. The lowest BCUT2D eigenvalue weighted by Crippen LogP contribution is -2.41. The second kappa shape index (κ2) is 4.41. The monoisotopic (exact) mass is 232 g/mol. The van der Waals surface area contributed by atoms with Crippen LogP contribution < -0.4 is 4.90 Å². The zero-order valence-electron chi connectivity index (χ0n) is 10.7. The summed E-state index contributed by atoms with van der Waals surface area (Å²) in [5, 5.41) is 10.4. The van der Waals surface area contributed by atoms with E-state index in [1.165, 1.54) is 11.1 Å². The molecule has 0 saturated carbocycles. The van der Waals surface area contributed by atoms with Gasteiger partial charge in [0.15, 0.2) is 0 Å². The van der Waals surface area contributed by atoms with E-state index in [0.29, 0.717) is 0 Å². The Morgan fingerprint density at radius 2 is 2.00 bits per heavy atom. The first-order valence-corrected chi connectivity index (χ1v) is 5.97. The summed E-state index contributed by atoms with van der Waals surface area (Å²) in [6.07, 6.45) is 2.78. The maximum atomic E-state index is 9.13. The van der Waals surface area contributed by atoms with Crippen LogP contribution in [0, 0.1) is 0 Å². The number of aliphatic hydroxyl groups is 1. The number of nitrogens with zero attached hydrogens (tertiary/aromatic N) is 1. The van der Waals surface area contributed by atoms with Crippen molar-refractivity contribution in [3.63, 3.8) is 0 Å². The molecule has 0 atom stereocenters. The molecule has 0 aliphatic carbocycles. The van der Waals surface area contributed by atoms with Crippen LogP contribution in [-0.2, 0) is 0 Å². The van der Waals surface area contributed by atoms with Crippen LogP contribution in [0.1, 0.15) is 20.3 Å². The van der Waals surface area contributed by atoms with Gasteiger partial charge in [0, 0.05) is 36.3 Å². The Kier molecular flexibility index (Phi) is 3.11. The molecular weight excluding hydrogens is 212 g/mol. The number of H-pyrrole nitrogens is 1. The standard InChI is InChI=1S/C14H20N2O/c1-14(2,8-9-17)16(3)13-10-15-12-7-5-4-6-11(12)13/h4-7,10,15,17H,8-9H2,1-3H3. The molecule has 17 heavy (non-hydrogen) atoms. The van der Waals surface area contributed by atoms with Crippen molar-refractivity contribution in [2.45, 2.75) is 25.8 Å². The van der Waals surface area contributed by atoms with Crippen molar-refractivity contribution in [1.29, 1.82) is 0 Å². The summed E-state index contributed by atoms with van der Waals surface area (Å²) < 4.78 is 0. The Bertz CT molecular complexity index is 502. The number of hydrogen-bond acceptors (Lipinski definition) is 2. The molecule has 2 aromatic rings. The number of fused-ring (bicyclic) bond motifs is 1. The number of para-hydroxylation sites is 1. The Morgan fingerprint density at radius 3 is 2.71 bits per heavy atom. The van der Waals surface area contributed by atoms with Gasteiger partial charge in [-0.3, -0.25) is 0 Å². The summed E-state index contributed by atoms with van der Waals surface area (Å²) in [4.78, 5) is 5.50. The first-order chi connectivity index (χ1) is 8.06. The molecule has 2 rings (SSSR count). The fraction of sp³-hybridized carbons (Fsp3) is 0.429. The minimum Gasteiger partial charge on any atom is -0.396 e. The van der Waals surface area contributed by atoms with Crippen LogP contribution in [0.5, 0.6) is 0 Å². The summed E-state index contributed by atoms with van der Waals surface area (Å²) in [7, 11) is 2.07. The van der Waals surface area contributed by atoms with Gasteiger partial charge in [-0.05, 0) is 26.3 Å². The van der Waals surface area contributed by atoms with Crippen molar-refractivity contribution < 1.29 is 5.11 Å². The number of aliphatic hydroxyl groups excluding tert-OH is 1. The molecule has 0 bridgehead atoms. The van der Waals surface area contributed by atoms with Gasteiger partial charge in [-0.15, -0.1) is 0 Å². The molecule has 0 spiro atoms. The van der Waals surface area contributed by atoms with E-state index in [1.54, 1.807) is 0 Å². The molecule has 1 aromatic carbocycles. The summed E-state index contributed by atoms with van der Waals surface area (Å²) >= 11 is 0. The van der Waals surface area contributed by atoms with E-state index < -0.39 is 0 Å². The maximum Gasteiger partial charge on any atom is 0.0625 e. The van der Waals surface area contributed by atoms with Gasteiger partial charge in [0.2, 0.25) is 0 Å². The fourth-order valence-electron chi connectivity index (χ4n) is 2.10. The number of nitrogens with one attached hydrogen (secondary N) is 1. The van der Waals surface area contributed by atoms with Crippen LogP contribution in [0.4, 0.5) is 5.69 Å². The van der Waals surface area contributed by atoms with Gasteiger partial charge >= 0.3 is 0 Å². The molecule has 1 aromatic heterocycles. The lowest BCUT2D eigenvalue weighted by Gasteiger charge is -2.36. The summed E-state index contributed by atoms with van der Waals surface area (Å²) in [5.74, 6) is 0. The van der Waals surface area contributed by atoms with Gasteiger partial charge in [-0.1, -0.05) is 18.2 Å². The normalized spacial score (nSPS) is 12.0. The predicted molar refractivity (Wildman–Crippen MR) is 72.5 cm³/mol. The summed E-state index contributed by atoms with van der Waals surface area (Å²) in [6, 6.07) is 8.27. The second-order valence-corrected chi connectivity index (χ2v) is 5.06. The van der Waals surface area contributed by atoms with Gasteiger partial charge in [0.1, 0.15) is 0 Å². The van der Waals surface area contributed by atoms with Crippen LogP contribution in [0.2, 0.25) is 0 Å². The molecule has 0 amide bonds.